The molecule has 0 saturated carbocycles. The number of ether oxygens (including phenoxy) is 1. The molecule has 0 aliphatic heterocycles. The maximum absolute atomic E-state index is 6.05. The predicted octanol–water partition coefficient (Wildman–Crippen LogP) is 3.19. The van der Waals surface area contributed by atoms with Crippen molar-refractivity contribution in [3.63, 3.8) is 0 Å². The van der Waals surface area contributed by atoms with Gasteiger partial charge in [-0.3, -0.25) is 0 Å². The van der Waals surface area contributed by atoms with Crippen LogP contribution in [0.3, 0.4) is 0 Å². The molecule has 1 rings (SSSR count). The molecule has 1 heterocycles. The van der Waals surface area contributed by atoms with Crippen molar-refractivity contribution in [3.05, 3.63) is 6.33 Å². The van der Waals surface area contributed by atoms with Crippen molar-refractivity contribution in [1.29, 1.82) is 0 Å². The number of nitrogens with zero attached hydrogens (tertiary/aromatic N) is 2. The lowest BCUT2D eigenvalue weighted by Gasteiger charge is -2.25. The van der Waals surface area contributed by atoms with Gasteiger partial charge in [-0.1, -0.05) is 34.6 Å². The maximum Gasteiger partial charge on any atom is 0.242 e. The molecule has 114 valence electrons. The number of rotatable bonds is 8. The molecule has 0 bridgehead atoms. The summed E-state index contributed by atoms with van der Waals surface area (Å²) in [6, 6.07) is 0. The number of anilines is 2. The number of hydrogen-bond donors (Lipinski definition) is 2. The third-order valence-corrected chi connectivity index (χ3v) is 3.51. The summed E-state index contributed by atoms with van der Waals surface area (Å²) in [5.74, 6) is 2.93. The molecular formula is C15H28N4O. The van der Waals surface area contributed by atoms with Gasteiger partial charge >= 0.3 is 0 Å². The average Bonchev–Trinajstić information content (AvgIpc) is 2.38. The highest BCUT2D eigenvalue weighted by molar-refractivity contribution is 5.66. The second-order valence-electron chi connectivity index (χ2n) is 5.82. The molecule has 0 radical (unpaired) electrons. The number of nitrogen functional groups attached to an aromatic ring is 1. The average molecular weight is 280 g/mol. The summed E-state index contributed by atoms with van der Waals surface area (Å²) in [5, 5.41) is 3.34. The van der Waals surface area contributed by atoms with Gasteiger partial charge < -0.3 is 15.8 Å². The molecule has 0 atom stereocenters. The minimum absolute atomic E-state index is 0.468. The van der Waals surface area contributed by atoms with E-state index in [4.69, 9.17) is 10.5 Å². The van der Waals surface area contributed by atoms with Crippen LogP contribution in [0.1, 0.15) is 41.0 Å². The summed E-state index contributed by atoms with van der Waals surface area (Å²) < 4.78 is 5.51. The molecule has 3 N–H and O–H groups in total. The first kappa shape index (κ1) is 16.5. The Labute approximate surface area is 122 Å². The molecule has 5 heteroatoms. The topological polar surface area (TPSA) is 73.1 Å². The Morgan fingerprint density at radius 2 is 1.85 bits per heavy atom. The quantitative estimate of drug-likeness (QED) is 0.765. The van der Waals surface area contributed by atoms with E-state index in [2.05, 4.69) is 43.0 Å². The molecule has 0 spiro atoms. The highest BCUT2D eigenvalue weighted by Crippen LogP contribution is 2.26. The fourth-order valence-corrected chi connectivity index (χ4v) is 2.29. The number of nitrogens with one attached hydrogen (secondary N) is 1. The van der Waals surface area contributed by atoms with E-state index in [1.54, 1.807) is 0 Å². The first-order valence-electron chi connectivity index (χ1n) is 7.44. The van der Waals surface area contributed by atoms with Gasteiger partial charge in [0.15, 0.2) is 5.82 Å². The molecular weight excluding hydrogens is 252 g/mol. The predicted molar refractivity (Wildman–Crippen MR) is 83.9 cm³/mol. The van der Waals surface area contributed by atoms with Gasteiger partial charge in [0.05, 0.1) is 6.61 Å². The zero-order chi connectivity index (χ0) is 15.1. The van der Waals surface area contributed by atoms with Gasteiger partial charge in [-0.05, 0) is 24.2 Å². The lowest BCUT2D eigenvalue weighted by molar-refractivity contribution is 0.303. The largest absolute Gasteiger partial charge is 0.476 e. The molecule has 1 aromatic heterocycles. The molecule has 0 amide bonds. The third-order valence-electron chi connectivity index (χ3n) is 3.51. The Hall–Kier alpha value is -1.52. The van der Waals surface area contributed by atoms with E-state index in [0.29, 0.717) is 41.7 Å². The SMILES string of the molecule is CCCOc1ncnc(NCC(C(C)C)C(C)C)c1N. The Morgan fingerprint density at radius 1 is 1.20 bits per heavy atom. The smallest absolute Gasteiger partial charge is 0.242 e. The summed E-state index contributed by atoms with van der Waals surface area (Å²) >= 11 is 0. The van der Waals surface area contributed by atoms with Crippen molar-refractivity contribution >= 4 is 11.5 Å². The van der Waals surface area contributed by atoms with Gasteiger partial charge in [0.2, 0.25) is 5.88 Å². The monoisotopic (exact) mass is 280 g/mol. The Balaban J connectivity index is 2.72. The van der Waals surface area contributed by atoms with Gasteiger partial charge in [-0.15, -0.1) is 0 Å². The van der Waals surface area contributed by atoms with Crippen LogP contribution in [0.25, 0.3) is 0 Å². The van der Waals surface area contributed by atoms with Crippen LogP contribution in [-0.4, -0.2) is 23.1 Å². The Kier molecular flexibility index (Phi) is 6.55. The summed E-state index contributed by atoms with van der Waals surface area (Å²) in [6.45, 7) is 12.5. The maximum atomic E-state index is 6.05. The molecule has 5 nitrogen and oxygen atoms in total. The normalized spacial score (nSPS) is 11.4. The Bertz CT molecular complexity index is 399. The minimum atomic E-state index is 0.468. The van der Waals surface area contributed by atoms with Gasteiger partial charge in [0.1, 0.15) is 12.0 Å². The van der Waals surface area contributed by atoms with Crippen molar-refractivity contribution in [1.82, 2.24) is 9.97 Å². The fraction of sp³-hybridized carbons (Fsp3) is 0.733. The second kappa shape index (κ2) is 7.92. The van der Waals surface area contributed by atoms with Crippen LogP contribution in [0.2, 0.25) is 0 Å². The van der Waals surface area contributed by atoms with Gasteiger partial charge in [-0.25, -0.2) is 4.98 Å². The van der Waals surface area contributed by atoms with E-state index in [-0.39, 0.29) is 0 Å². The molecule has 1 aromatic rings. The summed E-state index contributed by atoms with van der Waals surface area (Å²) in [5.41, 5.74) is 6.54. The van der Waals surface area contributed by atoms with E-state index < -0.39 is 0 Å². The zero-order valence-electron chi connectivity index (χ0n) is 13.3. The van der Waals surface area contributed by atoms with E-state index >= 15 is 0 Å². The Morgan fingerprint density at radius 3 is 2.40 bits per heavy atom. The van der Waals surface area contributed by atoms with Crippen LogP contribution in [0, 0.1) is 17.8 Å². The standard InChI is InChI=1S/C15H28N4O/c1-6-7-20-15-13(16)14(18-9-19-15)17-8-12(10(2)3)11(4)5/h9-12H,6-8,16H2,1-5H3,(H,17,18,19). The van der Waals surface area contributed by atoms with Crippen molar-refractivity contribution in [2.45, 2.75) is 41.0 Å². The molecule has 0 aliphatic rings. The van der Waals surface area contributed by atoms with Gasteiger partial charge in [0, 0.05) is 6.54 Å². The lowest BCUT2D eigenvalue weighted by atomic mass is 9.85. The van der Waals surface area contributed by atoms with Gasteiger partial charge in [0.25, 0.3) is 0 Å². The molecule has 0 aromatic carbocycles. The lowest BCUT2D eigenvalue weighted by Crippen LogP contribution is -2.25. The first-order chi connectivity index (χ1) is 9.47. The van der Waals surface area contributed by atoms with E-state index in [1.165, 1.54) is 6.33 Å². The zero-order valence-corrected chi connectivity index (χ0v) is 13.3. The van der Waals surface area contributed by atoms with Gasteiger partial charge in [-0.2, -0.15) is 4.98 Å². The molecule has 0 unspecified atom stereocenters. The van der Waals surface area contributed by atoms with E-state index in [1.807, 2.05) is 6.92 Å². The number of nitrogens with two attached hydrogens (primary N) is 1. The summed E-state index contributed by atoms with van der Waals surface area (Å²) in [7, 11) is 0. The van der Waals surface area contributed by atoms with E-state index in [9.17, 15) is 0 Å². The highest BCUT2D eigenvalue weighted by Gasteiger charge is 2.18. The van der Waals surface area contributed by atoms with Crippen molar-refractivity contribution in [2.75, 3.05) is 24.2 Å². The molecule has 0 aliphatic carbocycles. The minimum Gasteiger partial charge on any atom is -0.476 e. The molecule has 0 fully saturated rings. The fourth-order valence-electron chi connectivity index (χ4n) is 2.29. The van der Waals surface area contributed by atoms with Crippen LogP contribution in [-0.2, 0) is 0 Å². The first-order valence-corrected chi connectivity index (χ1v) is 7.44. The van der Waals surface area contributed by atoms with Crippen molar-refractivity contribution in [2.24, 2.45) is 17.8 Å². The van der Waals surface area contributed by atoms with Crippen LogP contribution in [0.15, 0.2) is 6.33 Å². The second-order valence-corrected chi connectivity index (χ2v) is 5.82. The van der Waals surface area contributed by atoms with Crippen LogP contribution < -0.4 is 15.8 Å². The number of hydrogen-bond acceptors (Lipinski definition) is 5. The third kappa shape index (κ3) is 4.54. The van der Waals surface area contributed by atoms with Crippen LogP contribution >= 0.6 is 0 Å². The number of aromatic nitrogens is 2. The molecule has 0 saturated heterocycles. The van der Waals surface area contributed by atoms with Crippen LogP contribution in [0.5, 0.6) is 5.88 Å². The molecule has 20 heavy (non-hydrogen) atoms. The van der Waals surface area contributed by atoms with Crippen molar-refractivity contribution in [3.8, 4) is 5.88 Å². The van der Waals surface area contributed by atoms with E-state index in [0.717, 1.165) is 13.0 Å². The highest BCUT2D eigenvalue weighted by atomic mass is 16.5. The van der Waals surface area contributed by atoms with Crippen molar-refractivity contribution < 1.29 is 4.74 Å². The summed E-state index contributed by atoms with van der Waals surface area (Å²) in [6.07, 6.45) is 2.42. The van der Waals surface area contributed by atoms with Crippen LogP contribution in [0.4, 0.5) is 11.5 Å². The summed E-state index contributed by atoms with van der Waals surface area (Å²) in [4.78, 5) is 8.29.